The lowest BCUT2D eigenvalue weighted by Crippen LogP contribution is -2.47. The van der Waals surface area contributed by atoms with Crippen LogP contribution in [0.2, 0.25) is 0 Å². The van der Waals surface area contributed by atoms with Crippen LogP contribution in [0, 0.1) is 18.3 Å². The van der Waals surface area contributed by atoms with Crippen molar-refractivity contribution in [3.05, 3.63) is 41.6 Å². The summed E-state index contributed by atoms with van der Waals surface area (Å²) in [4.78, 5) is 32.6. The number of anilines is 1. The van der Waals surface area contributed by atoms with Gasteiger partial charge in [0.2, 0.25) is 0 Å². The van der Waals surface area contributed by atoms with Crippen LogP contribution in [0.4, 0.5) is 5.82 Å². The van der Waals surface area contributed by atoms with Crippen molar-refractivity contribution in [3.63, 3.8) is 0 Å². The summed E-state index contributed by atoms with van der Waals surface area (Å²) < 4.78 is 0. The summed E-state index contributed by atoms with van der Waals surface area (Å²) in [5, 5.41) is 10.2. The molecule has 2 fully saturated rings. The minimum absolute atomic E-state index is 0.0153. The number of rotatable bonds is 2. The Hall–Kier alpha value is -3.34. The number of carbonyl (C=O) groups excluding carboxylic acids is 1. The summed E-state index contributed by atoms with van der Waals surface area (Å²) in [6, 6.07) is 5.81. The van der Waals surface area contributed by atoms with Crippen LogP contribution in [-0.2, 0) is 0 Å². The Bertz CT molecular complexity index is 1100. The maximum atomic E-state index is 13.2. The van der Waals surface area contributed by atoms with E-state index in [1.165, 1.54) is 0 Å². The number of hydrogen-bond donors (Lipinski definition) is 2. The minimum Gasteiger partial charge on any atom is -0.354 e. The standard InChI is InChI=1S/C20H21N7O/c1-13-14(10-21)9-16(25-13)19(28)27-8-2-7-26(11-20(27)4-5-20)18-15-3-6-22-17(15)23-12-24-18/h3,6,9,12,25H,2,4-5,7-8,11H2,1H3,(H,22,23,24). The first kappa shape index (κ1) is 16.8. The molecule has 0 unspecified atom stereocenters. The summed E-state index contributed by atoms with van der Waals surface area (Å²) in [7, 11) is 0. The van der Waals surface area contributed by atoms with Crippen LogP contribution < -0.4 is 4.90 Å². The molecule has 8 heteroatoms. The molecule has 0 bridgehead atoms. The number of nitrogens with zero attached hydrogens (tertiary/aromatic N) is 5. The van der Waals surface area contributed by atoms with Gasteiger partial charge in [-0.2, -0.15) is 5.26 Å². The van der Waals surface area contributed by atoms with Crippen molar-refractivity contribution in [2.24, 2.45) is 0 Å². The molecule has 1 spiro atoms. The fourth-order valence-corrected chi connectivity index (χ4v) is 4.29. The first-order chi connectivity index (χ1) is 13.6. The summed E-state index contributed by atoms with van der Waals surface area (Å²) >= 11 is 0. The van der Waals surface area contributed by atoms with E-state index in [9.17, 15) is 10.1 Å². The van der Waals surface area contributed by atoms with Crippen LogP contribution in [0.3, 0.4) is 0 Å². The van der Waals surface area contributed by atoms with E-state index in [0.29, 0.717) is 17.8 Å². The van der Waals surface area contributed by atoms with Crippen LogP contribution in [0.5, 0.6) is 0 Å². The third-order valence-electron chi connectivity index (χ3n) is 5.94. The molecule has 3 aromatic heterocycles. The number of nitrogens with one attached hydrogen (secondary N) is 2. The van der Waals surface area contributed by atoms with Crippen LogP contribution in [-0.4, -0.2) is 55.9 Å². The van der Waals surface area contributed by atoms with E-state index < -0.39 is 0 Å². The number of carbonyl (C=O) groups is 1. The predicted octanol–water partition coefficient (Wildman–Crippen LogP) is 2.35. The Labute approximate surface area is 162 Å². The van der Waals surface area contributed by atoms with Gasteiger partial charge in [0.05, 0.1) is 16.5 Å². The molecule has 0 aromatic carbocycles. The summed E-state index contributed by atoms with van der Waals surface area (Å²) in [6.45, 7) is 4.14. The Morgan fingerprint density at radius 1 is 1.32 bits per heavy atom. The molecule has 2 N–H and O–H groups in total. The third kappa shape index (κ3) is 2.54. The zero-order valence-corrected chi connectivity index (χ0v) is 15.7. The van der Waals surface area contributed by atoms with E-state index in [-0.39, 0.29) is 11.4 Å². The van der Waals surface area contributed by atoms with Crippen molar-refractivity contribution < 1.29 is 4.79 Å². The Balaban J connectivity index is 1.45. The van der Waals surface area contributed by atoms with Gasteiger partial charge in [-0.3, -0.25) is 4.79 Å². The molecule has 4 heterocycles. The highest BCUT2D eigenvalue weighted by atomic mass is 16.2. The molecule has 1 saturated heterocycles. The predicted molar refractivity (Wildman–Crippen MR) is 104 cm³/mol. The molecule has 2 aliphatic rings. The monoisotopic (exact) mass is 375 g/mol. The lowest BCUT2D eigenvalue weighted by Gasteiger charge is -2.32. The second-order valence-electron chi connectivity index (χ2n) is 7.73. The van der Waals surface area contributed by atoms with Crippen molar-refractivity contribution >= 4 is 22.8 Å². The molecule has 5 rings (SSSR count). The highest BCUT2D eigenvalue weighted by Gasteiger charge is 2.52. The van der Waals surface area contributed by atoms with Crippen molar-refractivity contribution in [2.45, 2.75) is 31.7 Å². The van der Waals surface area contributed by atoms with Crippen molar-refractivity contribution in [1.29, 1.82) is 5.26 Å². The van der Waals surface area contributed by atoms with Gasteiger partial charge >= 0.3 is 0 Å². The van der Waals surface area contributed by atoms with Gasteiger partial charge in [-0.25, -0.2) is 9.97 Å². The minimum atomic E-state index is -0.160. The highest BCUT2D eigenvalue weighted by molar-refractivity contribution is 5.94. The molecular weight excluding hydrogens is 354 g/mol. The van der Waals surface area contributed by atoms with E-state index in [2.05, 4.69) is 30.9 Å². The molecule has 0 atom stereocenters. The van der Waals surface area contributed by atoms with Crippen LogP contribution in [0.25, 0.3) is 11.0 Å². The normalized spacial score (nSPS) is 18.3. The molecule has 142 valence electrons. The summed E-state index contributed by atoms with van der Waals surface area (Å²) in [5.74, 6) is 0.910. The fourth-order valence-electron chi connectivity index (χ4n) is 4.29. The maximum Gasteiger partial charge on any atom is 0.270 e. The number of aryl methyl sites for hydroxylation is 1. The molecule has 1 saturated carbocycles. The molecule has 1 aliphatic carbocycles. The Morgan fingerprint density at radius 3 is 2.93 bits per heavy atom. The molecule has 28 heavy (non-hydrogen) atoms. The smallest absolute Gasteiger partial charge is 0.270 e. The van der Waals surface area contributed by atoms with Crippen molar-refractivity contribution in [1.82, 2.24) is 24.8 Å². The molecule has 0 radical (unpaired) electrons. The highest BCUT2D eigenvalue weighted by Crippen LogP contribution is 2.45. The average molecular weight is 375 g/mol. The number of aromatic nitrogens is 4. The largest absolute Gasteiger partial charge is 0.354 e. The van der Waals surface area contributed by atoms with Gasteiger partial charge in [-0.05, 0) is 38.3 Å². The Kier molecular flexibility index (Phi) is 3.66. The Morgan fingerprint density at radius 2 is 2.18 bits per heavy atom. The van der Waals surface area contributed by atoms with Gasteiger partial charge in [-0.15, -0.1) is 0 Å². The number of amides is 1. The second-order valence-corrected chi connectivity index (χ2v) is 7.73. The average Bonchev–Trinajstić information content (AvgIpc) is 3.19. The van der Waals surface area contributed by atoms with E-state index in [1.54, 1.807) is 12.4 Å². The van der Waals surface area contributed by atoms with E-state index >= 15 is 0 Å². The molecule has 1 aliphatic heterocycles. The van der Waals surface area contributed by atoms with E-state index in [1.807, 2.05) is 24.1 Å². The van der Waals surface area contributed by atoms with Gasteiger partial charge in [0.15, 0.2) is 0 Å². The van der Waals surface area contributed by atoms with Gasteiger partial charge in [0.25, 0.3) is 5.91 Å². The van der Waals surface area contributed by atoms with E-state index in [4.69, 9.17) is 0 Å². The topological polar surface area (TPSA) is 105 Å². The lowest BCUT2D eigenvalue weighted by molar-refractivity contribution is 0.0664. The quantitative estimate of drug-likeness (QED) is 0.715. The number of aromatic amines is 2. The summed E-state index contributed by atoms with van der Waals surface area (Å²) in [6.07, 6.45) is 6.31. The molecular formula is C20H21N7O. The first-order valence-corrected chi connectivity index (χ1v) is 9.56. The molecule has 8 nitrogen and oxygen atoms in total. The van der Waals surface area contributed by atoms with Crippen LogP contribution >= 0.6 is 0 Å². The molecule has 1 amide bonds. The zero-order valence-electron chi connectivity index (χ0n) is 15.7. The number of hydrogen-bond acceptors (Lipinski definition) is 5. The molecule has 3 aromatic rings. The zero-order chi connectivity index (χ0) is 19.3. The fraction of sp³-hybridized carbons (Fsp3) is 0.400. The van der Waals surface area contributed by atoms with Gasteiger partial charge in [-0.1, -0.05) is 0 Å². The lowest BCUT2D eigenvalue weighted by atomic mass is 10.2. The third-order valence-corrected chi connectivity index (χ3v) is 5.94. The summed E-state index contributed by atoms with van der Waals surface area (Å²) in [5.41, 5.74) is 2.44. The van der Waals surface area contributed by atoms with Crippen molar-refractivity contribution in [3.8, 4) is 6.07 Å². The number of fused-ring (bicyclic) bond motifs is 1. The first-order valence-electron chi connectivity index (χ1n) is 9.56. The van der Waals surface area contributed by atoms with Gasteiger partial charge in [0.1, 0.15) is 29.6 Å². The van der Waals surface area contributed by atoms with Crippen molar-refractivity contribution in [2.75, 3.05) is 24.5 Å². The van der Waals surface area contributed by atoms with E-state index in [0.717, 1.165) is 54.9 Å². The van der Waals surface area contributed by atoms with Crippen LogP contribution in [0.15, 0.2) is 24.7 Å². The van der Waals surface area contributed by atoms with Gasteiger partial charge < -0.3 is 19.8 Å². The second kappa shape index (κ2) is 6.09. The van der Waals surface area contributed by atoms with Gasteiger partial charge in [0, 0.05) is 31.5 Å². The number of H-pyrrole nitrogens is 2. The number of nitriles is 1. The maximum absolute atomic E-state index is 13.2. The van der Waals surface area contributed by atoms with Crippen LogP contribution in [0.1, 0.15) is 41.0 Å². The SMILES string of the molecule is Cc1[nH]c(C(=O)N2CCCN(c3ncnc4[nH]ccc34)CC23CC3)cc1C#N.